The Hall–Kier alpha value is -1.94. The molecule has 1 N–H and O–H groups in total. The number of amides is 1. The standard InChI is InChI=1S/C18H18BrClN2O5S/c1-11-8-12(19)4-7-16(11)21-17(23)10-27-18(24)14-9-13(5-6-15(14)20)28(25,26)22(2)3/h4-9H,10H2,1-3H3,(H,21,23). The van der Waals surface area contributed by atoms with Crippen LogP contribution in [0.25, 0.3) is 0 Å². The molecule has 0 saturated carbocycles. The second-order valence-electron chi connectivity index (χ2n) is 6.01. The van der Waals surface area contributed by atoms with Crippen molar-refractivity contribution in [2.75, 3.05) is 26.0 Å². The van der Waals surface area contributed by atoms with Crippen LogP contribution >= 0.6 is 27.5 Å². The number of nitrogens with one attached hydrogen (secondary N) is 1. The Morgan fingerprint density at radius 1 is 1.18 bits per heavy atom. The number of hydrogen-bond donors (Lipinski definition) is 1. The van der Waals surface area contributed by atoms with Crippen molar-refractivity contribution < 1.29 is 22.7 Å². The van der Waals surface area contributed by atoms with Gasteiger partial charge < -0.3 is 10.1 Å². The molecule has 0 aliphatic rings. The molecule has 0 aliphatic carbocycles. The van der Waals surface area contributed by atoms with E-state index in [1.165, 1.54) is 26.2 Å². The van der Waals surface area contributed by atoms with Gasteiger partial charge in [0.25, 0.3) is 5.91 Å². The summed E-state index contributed by atoms with van der Waals surface area (Å²) < 4.78 is 31.3. The van der Waals surface area contributed by atoms with Crippen LogP contribution in [0.2, 0.25) is 5.02 Å². The number of rotatable bonds is 6. The molecule has 2 rings (SSSR count). The van der Waals surface area contributed by atoms with Gasteiger partial charge in [-0.1, -0.05) is 27.5 Å². The third-order valence-corrected chi connectivity index (χ3v) is 6.37. The second kappa shape index (κ2) is 9.04. The largest absolute Gasteiger partial charge is 0.452 e. The van der Waals surface area contributed by atoms with E-state index >= 15 is 0 Å². The highest BCUT2D eigenvalue weighted by molar-refractivity contribution is 9.10. The highest BCUT2D eigenvalue weighted by Crippen LogP contribution is 2.23. The zero-order valence-electron chi connectivity index (χ0n) is 15.3. The van der Waals surface area contributed by atoms with Gasteiger partial charge in [0, 0.05) is 24.3 Å². The lowest BCUT2D eigenvalue weighted by Gasteiger charge is -2.13. The lowest BCUT2D eigenvalue weighted by Crippen LogP contribution is -2.23. The molecule has 2 aromatic carbocycles. The van der Waals surface area contributed by atoms with Gasteiger partial charge in [-0.2, -0.15) is 0 Å². The smallest absolute Gasteiger partial charge is 0.340 e. The molecular formula is C18H18BrClN2O5S. The normalized spacial score (nSPS) is 11.4. The molecule has 7 nitrogen and oxygen atoms in total. The molecule has 0 fully saturated rings. The van der Waals surface area contributed by atoms with Crippen LogP contribution < -0.4 is 5.32 Å². The van der Waals surface area contributed by atoms with Gasteiger partial charge in [0.15, 0.2) is 6.61 Å². The number of anilines is 1. The van der Waals surface area contributed by atoms with E-state index in [1.54, 1.807) is 12.1 Å². The Labute approximate surface area is 176 Å². The van der Waals surface area contributed by atoms with Crippen LogP contribution in [-0.2, 0) is 19.6 Å². The number of carbonyl (C=O) groups is 2. The SMILES string of the molecule is Cc1cc(Br)ccc1NC(=O)COC(=O)c1cc(S(=O)(=O)N(C)C)ccc1Cl. The Kier molecular flexibility index (Phi) is 7.22. The number of nitrogens with zero attached hydrogens (tertiary/aromatic N) is 1. The fourth-order valence-corrected chi connectivity index (χ4v) is 3.79. The van der Waals surface area contributed by atoms with Crippen molar-refractivity contribution in [2.45, 2.75) is 11.8 Å². The first-order valence-electron chi connectivity index (χ1n) is 7.97. The lowest BCUT2D eigenvalue weighted by atomic mass is 10.2. The van der Waals surface area contributed by atoms with Crippen LogP contribution in [0.5, 0.6) is 0 Å². The Morgan fingerprint density at radius 3 is 2.46 bits per heavy atom. The molecular weight excluding hydrogens is 472 g/mol. The average Bonchev–Trinajstić information content (AvgIpc) is 2.62. The minimum absolute atomic E-state index is 0.0202. The fourth-order valence-electron chi connectivity index (χ4n) is 2.19. The van der Waals surface area contributed by atoms with Crippen LogP contribution in [0.1, 0.15) is 15.9 Å². The van der Waals surface area contributed by atoms with E-state index in [9.17, 15) is 18.0 Å². The van der Waals surface area contributed by atoms with E-state index in [0.29, 0.717) is 5.69 Å². The van der Waals surface area contributed by atoms with Crippen LogP contribution in [-0.4, -0.2) is 45.3 Å². The van der Waals surface area contributed by atoms with Crippen LogP contribution in [0.15, 0.2) is 45.8 Å². The van der Waals surface area contributed by atoms with E-state index in [2.05, 4.69) is 21.2 Å². The quantitative estimate of drug-likeness (QED) is 0.627. The molecule has 0 aromatic heterocycles. The third kappa shape index (κ3) is 5.32. The molecule has 0 spiro atoms. The maximum absolute atomic E-state index is 12.3. The summed E-state index contributed by atoms with van der Waals surface area (Å²) in [5.74, 6) is -1.43. The predicted molar refractivity (Wildman–Crippen MR) is 110 cm³/mol. The van der Waals surface area contributed by atoms with Crippen molar-refractivity contribution in [1.29, 1.82) is 0 Å². The van der Waals surface area contributed by atoms with E-state index in [1.807, 2.05) is 13.0 Å². The monoisotopic (exact) mass is 488 g/mol. The number of hydrogen-bond acceptors (Lipinski definition) is 5. The molecule has 0 heterocycles. The predicted octanol–water partition coefficient (Wildman–Crippen LogP) is 3.46. The minimum Gasteiger partial charge on any atom is -0.452 e. The first-order valence-corrected chi connectivity index (χ1v) is 10.6. The highest BCUT2D eigenvalue weighted by Gasteiger charge is 2.22. The van der Waals surface area contributed by atoms with Crippen molar-refractivity contribution in [1.82, 2.24) is 4.31 Å². The molecule has 0 aliphatic heterocycles. The number of aryl methyl sites for hydroxylation is 1. The number of benzene rings is 2. The van der Waals surface area contributed by atoms with Crippen molar-refractivity contribution in [3.8, 4) is 0 Å². The molecule has 28 heavy (non-hydrogen) atoms. The van der Waals surface area contributed by atoms with Gasteiger partial charge in [-0.05, 0) is 48.9 Å². The average molecular weight is 490 g/mol. The van der Waals surface area contributed by atoms with Gasteiger partial charge in [0.2, 0.25) is 10.0 Å². The topological polar surface area (TPSA) is 92.8 Å². The summed E-state index contributed by atoms with van der Waals surface area (Å²) in [5, 5.41) is 2.66. The molecule has 0 saturated heterocycles. The van der Waals surface area contributed by atoms with Gasteiger partial charge in [0.1, 0.15) is 0 Å². The highest BCUT2D eigenvalue weighted by atomic mass is 79.9. The summed E-state index contributed by atoms with van der Waals surface area (Å²) in [6, 6.07) is 9.02. The molecule has 1 amide bonds. The van der Waals surface area contributed by atoms with Crippen molar-refractivity contribution in [3.63, 3.8) is 0 Å². The van der Waals surface area contributed by atoms with Crippen LogP contribution in [0.3, 0.4) is 0 Å². The molecule has 2 aromatic rings. The maximum atomic E-state index is 12.3. The van der Waals surface area contributed by atoms with E-state index < -0.39 is 28.5 Å². The van der Waals surface area contributed by atoms with E-state index in [0.717, 1.165) is 20.4 Å². The maximum Gasteiger partial charge on any atom is 0.340 e. The summed E-state index contributed by atoms with van der Waals surface area (Å²) in [6.07, 6.45) is 0. The summed E-state index contributed by atoms with van der Waals surface area (Å²) in [5.41, 5.74) is 1.28. The molecule has 150 valence electrons. The Balaban J connectivity index is 2.09. The van der Waals surface area contributed by atoms with Gasteiger partial charge in [-0.25, -0.2) is 17.5 Å². The third-order valence-electron chi connectivity index (χ3n) is 3.73. The molecule has 0 bridgehead atoms. The first kappa shape index (κ1) is 22.4. The fraction of sp³-hybridized carbons (Fsp3) is 0.222. The number of esters is 1. The Morgan fingerprint density at radius 2 is 1.86 bits per heavy atom. The number of carbonyl (C=O) groups excluding carboxylic acids is 2. The molecule has 0 radical (unpaired) electrons. The summed E-state index contributed by atoms with van der Waals surface area (Å²) in [4.78, 5) is 24.2. The van der Waals surface area contributed by atoms with Gasteiger partial charge in [-0.3, -0.25) is 4.79 Å². The van der Waals surface area contributed by atoms with Crippen molar-refractivity contribution in [3.05, 3.63) is 57.0 Å². The number of sulfonamides is 1. The minimum atomic E-state index is -3.75. The Bertz CT molecular complexity index is 1020. The van der Waals surface area contributed by atoms with E-state index in [-0.39, 0.29) is 15.5 Å². The summed E-state index contributed by atoms with van der Waals surface area (Å²) in [7, 11) is -1.00. The lowest BCUT2D eigenvalue weighted by molar-refractivity contribution is -0.119. The zero-order chi connectivity index (χ0) is 21.1. The van der Waals surface area contributed by atoms with Crippen LogP contribution in [0, 0.1) is 6.92 Å². The van der Waals surface area contributed by atoms with Gasteiger partial charge in [-0.15, -0.1) is 0 Å². The number of ether oxygens (including phenoxy) is 1. The van der Waals surface area contributed by atoms with Crippen LogP contribution in [0.4, 0.5) is 5.69 Å². The molecule has 0 atom stereocenters. The van der Waals surface area contributed by atoms with Gasteiger partial charge in [0.05, 0.1) is 15.5 Å². The first-order chi connectivity index (χ1) is 13.0. The van der Waals surface area contributed by atoms with E-state index in [4.69, 9.17) is 16.3 Å². The second-order valence-corrected chi connectivity index (χ2v) is 9.49. The van der Waals surface area contributed by atoms with Crippen molar-refractivity contribution in [2.24, 2.45) is 0 Å². The van der Waals surface area contributed by atoms with Crippen molar-refractivity contribution >= 4 is 55.1 Å². The molecule has 0 unspecified atom stereocenters. The van der Waals surface area contributed by atoms with Gasteiger partial charge >= 0.3 is 5.97 Å². The molecule has 10 heteroatoms. The zero-order valence-corrected chi connectivity index (χ0v) is 18.5. The summed E-state index contributed by atoms with van der Waals surface area (Å²) >= 11 is 9.32. The summed E-state index contributed by atoms with van der Waals surface area (Å²) in [6.45, 7) is 1.28. The number of halogens is 2.